The molecule has 1 atom stereocenters. The van der Waals surface area contributed by atoms with Crippen LogP contribution in [0.1, 0.15) is 75.3 Å². The Balaban J connectivity index is 1.00. The zero-order chi connectivity index (χ0) is 41.0. The van der Waals surface area contributed by atoms with Crippen molar-refractivity contribution in [1.82, 2.24) is 14.5 Å². The summed E-state index contributed by atoms with van der Waals surface area (Å²) in [6, 6.07) is 55.9. The van der Waals surface area contributed by atoms with Gasteiger partial charge in [0.1, 0.15) is 0 Å². The summed E-state index contributed by atoms with van der Waals surface area (Å²) in [7, 11) is 0. The van der Waals surface area contributed by atoms with E-state index in [4.69, 9.17) is 9.97 Å². The monoisotopic (exact) mass is 785 g/mol. The first-order valence-electron chi connectivity index (χ1n) is 21.9. The Hall–Kier alpha value is -6.84. The number of hydrogen-bond acceptors (Lipinski definition) is 2. The van der Waals surface area contributed by atoms with Gasteiger partial charge in [-0.05, 0) is 104 Å². The molecule has 2 heterocycles. The van der Waals surface area contributed by atoms with E-state index < -0.39 is 0 Å². The molecule has 3 heteroatoms. The molecule has 2 aliphatic rings. The summed E-state index contributed by atoms with van der Waals surface area (Å²) in [6.07, 6.45) is 10.3. The van der Waals surface area contributed by atoms with Crippen molar-refractivity contribution in [2.75, 3.05) is 0 Å². The number of fused-ring (bicyclic) bond motifs is 9. The maximum absolute atomic E-state index is 5.48. The molecule has 0 aliphatic heterocycles. The third kappa shape index (κ3) is 5.63. The molecule has 3 nitrogen and oxygen atoms in total. The maximum atomic E-state index is 5.48. The van der Waals surface area contributed by atoms with Crippen LogP contribution >= 0.6 is 0 Å². The molecular formula is C58H47N3. The Morgan fingerprint density at radius 3 is 2.00 bits per heavy atom. The second kappa shape index (κ2) is 13.3. The van der Waals surface area contributed by atoms with Crippen molar-refractivity contribution in [3.05, 3.63) is 192 Å². The minimum absolute atomic E-state index is 0.112. The highest BCUT2D eigenvalue weighted by Crippen LogP contribution is 2.49. The van der Waals surface area contributed by atoms with Gasteiger partial charge in [0.15, 0.2) is 5.82 Å². The Morgan fingerprint density at radius 1 is 0.525 bits per heavy atom. The molecule has 294 valence electrons. The Kier molecular flexibility index (Phi) is 7.88. The van der Waals surface area contributed by atoms with Crippen LogP contribution in [-0.2, 0) is 10.8 Å². The van der Waals surface area contributed by atoms with Crippen LogP contribution in [0, 0.1) is 0 Å². The van der Waals surface area contributed by atoms with Gasteiger partial charge in [-0.3, -0.25) is 0 Å². The van der Waals surface area contributed by atoms with Crippen molar-refractivity contribution in [3.63, 3.8) is 0 Å². The average Bonchev–Trinajstić information content (AvgIpc) is 3.62. The third-order valence-corrected chi connectivity index (χ3v) is 14.2. The lowest BCUT2D eigenvalue weighted by Gasteiger charge is -2.42. The molecule has 0 saturated heterocycles. The topological polar surface area (TPSA) is 30.7 Å². The quantitative estimate of drug-likeness (QED) is 0.166. The molecule has 10 aromatic rings. The van der Waals surface area contributed by atoms with E-state index >= 15 is 0 Å². The van der Waals surface area contributed by atoms with Gasteiger partial charge in [-0.15, -0.1) is 0 Å². The Bertz CT molecular complexity index is 3520. The van der Waals surface area contributed by atoms with Crippen LogP contribution in [0.4, 0.5) is 0 Å². The van der Waals surface area contributed by atoms with Crippen molar-refractivity contribution < 1.29 is 0 Å². The molecule has 0 radical (unpaired) electrons. The lowest BCUT2D eigenvalue weighted by molar-refractivity contribution is 0.332. The minimum Gasteiger partial charge on any atom is -0.309 e. The zero-order valence-corrected chi connectivity index (χ0v) is 35.2. The highest BCUT2D eigenvalue weighted by Gasteiger charge is 2.38. The minimum atomic E-state index is 0.112. The average molecular weight is 786 g/mol. The number of nitrogens with zero attached hydrogens (tertiary/aromatic N) is 3. The van der Waals surface area contributed by atoms with Gasteiger partial charge in [0.05, 0.1) is 27.9 Å². The molecule has 0 N–H and O–H groups in total. The van der Waals surface area contributed by atoms with Crippen LogP contribution in [0.25, 0.3) is 87.7 Å². The molecular weight excluding hydrogens is 739 g/mol. The van der Waals surface area contributed by atoms with Gasteiger partial charge in [-0.1, -0.05) is 167 Å². The molecule has 0 amide bonds. The van der Waals surface area contributed by atoms with Crippen LogP contribution < -0.4 is 0 Å². The predicted molar refractivity (Wildman–Crippen MR) is 258 cm³/mol. The van der Waals surface area contributed by atoms with Crippen LogP contribution in [0.5, 0.6) is 0 Å². The van der Waals surface area contributed by atoms with Gasteiger partial charge in [0.25, 0.3) is 0 Å². The smallest absolute Gasteiger partial charge is 0.160 e. The zero-order valence-electron chi connectivity index (χ0n) is 35.2. The Morgan fingerprint density at radius 2 is 1.20 bits per heavy atom. The van der Waals surface area contributed by atoms with Gasteiger partial charge >= 0.3 is 0 Å². The number of para-hydroxylation sites is 1. The highest BCUT2D eigenvalue weighted by atomic mass is 15.0. The first-order chi connectivity index (χ1) is 29.7. The maximum Gasteiger partial charge on any atom is 0.160 e. The van der Waals surface area contributed by atoms with E-state index in [2.05, 4.69) is 202 Å². The normalized spacial score (nSPS) is 17.1. The predicted octanol–water partition coefficient (Wildman–Crippen LogP) is 15.3. The molecule has 0 fully saturated rings. The van der Waals surface area contributed by atoms with Crippen molar-refractivity contribution in [2.24, 2.45) is 0 Å². The second-order valence-corrected chi connectivity index (χ2v) is 18.8. The molecule has 0 spiro atoms. The first-order valence-corrected chi connectivity index (χ1v) is 21.9. The number of hydrogen-bond donors (Lipinski definition) is 0. The van der Waals surface area contributed by atoms with Crippen molar-refractivity contribution in [2.45, 2.75) is 63.7 Å². The van der Waals surface area contributed by atoms with Crippen molar-refractivity contribution in [3.8, 4) is 17.1 Å². The van der Waals surface area contributed by atoms with E-state index in [9.17, 15) is 0 Å². The fourth-order valence-corrected chi connectivity index (χ4v) is 10.7. The summed E-state index contributed by atoms with van der Waals surface area (Å²) in [4.78, 5) is 10.9. The van der Waals surface area contributed by atoms with Crippen molar-refractivity contribution in [1.29, 1.82) is 0 Å². The lowest BCUT2D eigenvalue weighted by atomic mass is 9.63. The Labute approximate surface area is 356 Å². The molecule has 1 unspecified atom stereocenters. The molecule has 12 rings (SSSR count). The van der Waals surface area contributed by atoms with E-state index in [0.717, 1.165) is 39.8 Å². The van der Waals surface area contributed by atoms with Crippen LogP contribution in [-0.4, -0.2) is 14.5 Å². The number of rotatable bonds is 4. The fraction of sp³-hybridized carbons (Fsp3) is 0.172. The molecule has 8 aromatic carbocycles. The molecule has 0 saturated carbocycles. The summed E-state index contributed by atoms with van der Waals surface area (Å²) in [5.74, 6) is 0.879. The largest absolute Gasteiger partial charge is 0.309 e. The number of aromatic nitrogens is 3. The molecule has 61 heavy (non-hydrogen) atoms. The molecule has 2 aromatic heterocycles. The van der Waals surface area contributed by atoms with Crippen LogP contribution in [0.3, 0.4) is 0 Å². The van der Waals surface area contributed by atoms with E-state index in [0.29, 0.717) is 0 Å². The summed E-state index contributed by atoms with van der Waals surface area (Å²) >= 11 is 0. The summed E-state index contributed by atoms with van der Waals surface area (Å²) < 4.78 is 2.51. The van der Waals surface area contributed by atoms with Crippen LogP contribution in [0.2, 0.25) is 0 Å². The number of benzene rings is 8. The number of allylic oxidation sites excluding steroid dienone is 4. The van der Waals surface area contributed by atoms with E-state index in [-0.39, 0.29) is 16.7 Å². The molecule has 0 bridgehead atoms. The van der Waals surface area contributed by atoms with E-state index in [1.54, 1.807) is 0 Å². The SMILES string of the molecule is CC1(C)CCC(C)(C)c2cc3c(cc21)c1ccccc1n3-c1cccc2cc(-c3nc(C4C=CC(c5cccc6ccccc56)=CC4)c4ccc5ccccc5c4n3)ccc12. The standard InChI is InChI=1S/C58H47N3/c1-57(2)31-32-58(3,4)50-35-53-48(34-49(50)57)46-19-9-10-21-52(46)61(53)51-22-12-16-40-33-41(28-29-44(40)51)56-59-54(47-30-27-37-14-6-8-18-45(37)55(47)60-56)39-25-23-38(24-26-39)43-20-11-15-36-13-5-7-17-42(36)43/h5-25,27-30,33-35,39H,26,31-32H2,1-4H3. The lowest BCUT2D eigenvalue weighted by Crippen LogP contribution is -2.33. The van der Waals surface area contributed by atoms with E-state index in [1.165, 1.54) is 89.5 Å². The third-order valence-electron chi connectivity index (χ3n) is 14.2. The highest BCUT2D eigenvalue weighted by molar-refractivity contribution is 6.12. The summed E-state index contributed by atoms with van der Waals surface area (Å²) in [6.45, 7) is 9.69. The fourth-order valence-electron chi connectivity index (χ4n) is 10.7. The van der Waals surface area contributed by atoms with Gasteiger partial charge in [-0.2, -0.15) is 0 Å². The van der Waals surface area contributed by atoms with Gasteiger partial charge in [0.2, 0.25) is 0 Å². The van der Waals surface area contributed by atoms with Crippen molar-refractivity contribution >= 4 is 70.6 Å². The van der Waals surface area contributed by atoms with Gasteiger partial charge in [0, 0.05) is 38.4 Å². The molecule has 2 aliphatic carbocycles. The van der Waals surface area contributed by atoms with Crippen LogP contribution in [0.15, 0.2) is 170 Å². The summed E-state index contributed by atoms with van der Waals surface area (Å²) in [5, 5.41) is 11.0. The first kappa shape index (κ1) is 36.0. The van der Waals surface area contributed by atoms with Gasteiger partial charge in [-0.25, -0.2) is 9.97 Å². The second-order valence-electron chi connectivity index (χ2n) is 18.8. The van der Waals surface area contributed by atoms with Gasteiger partial charge < -0.3 is 4.57 Å². The summed E-state index contributed by atoms with van der Waals surface area (Å²) in [5.41, 5.74) is 12.6. The van der Waals surface area contributed by atoms with E-state index in [1.807, 2.05) is 0 Å².